The number of guanidine groups is 1. The number of fused-ring (bicyclic) bond motifs is 1. The second-order valence-corrected chi connectivity index (χ2v) is 11.9. The van der Waals surface area contributed by atoms with Crippen LogP contribution in [-0.4, -0.2) is 74.6 Å². The third-order valence-corrected chi connectivity index (χ3v) is 7.15. The van der Waals surface area contributed by atoms with Gasteiger partial charge in [-0.2, -0.15) is 8.42 Å². The fraction of sp³-hybridized carbons (Fsp3) is 0.483. The van der Waals surface area contributed by atoms with Crippen LogP contribution in [0.3, 0.4) is 0 Å². The topological polar surface area (TPSA) is 230 Å². The van der Waals surface area contributed by atoms with E-state index >= 15 is 0 Å². The summed E-state index contributed by atoms with van der Waals surface area (Å²) in [5.41, 5.74) is 19.6. The lowest BCUT2D eigenvalue weighted by molar-refractivity contribution is -0.150. The highest BCUT2D eigenvalue weighted by Crippen LogP contribution is 2.29. The van der Waals surface area contributed by atoms with E-state index in [1.807, 2.05) is 36.4 Å². The van der Waals surface area contributed by atoms with Gasteiger partial charge in [-0.25, -0.2) is 4.79 Å². The molecule has 2 aromatic rings. The number of carboxylic acids is 2. The monoisotopic (exact) mass is 621 g/mol. The molecule has 0 aliphatic heterocycles. The molecule has 0 saturated carbocycles. The number of rotatable bonds is 15. The van der Waals surface area contributed by atoms with Crippen LogP contribution in [0.4, 0.5) is 5.69 Å². The molecule has 0 aromatic heterocycles. The van der Waals surface area contributed by atoms with Crippen LogP contribution in [-0.2, 0) is 43.7 Å². The Kier molecular flexibility index (Phi) is 14.2. The second kappa shape index (κ2) is 17.3. The van der Waals surface area contributed by atoms with Gasteiger partial charge in [-0.3, -0.25) is 9.79 Å². The number of carbonyl (C=O) groups is 2. The number of nitrogens with zero attached hydrogens (tertiary/aromatic N) is 1. The summed E-state index contributed by atoms with van der Waals surface area (Å²) in [4.78, 5) is 25.1. The molecule has 0 radical (unpaired) electrons. The van der Waals surface area contributed by atoms with E-state index in [9.17, 15) is 23.1 Å². The van der Waals surface area contributed by atoms with Crippen molar-refractivity contribution in [2.75, 3.05) is 31.3 Å². The molecule has 0 spiro atoms. The summed E-state index contributed by atoms with van der Waals surface area (Å²) in [5.74, 6) is -1.09. The summed E-state index contributed by atoms with van der Waals surface area (Å²) in [5, 5.41) is 21.1. The molecule has 0 bridgehead atoms. The van der Waals surface area contributed by atoms with Gasteiger partial charge in [-0.05, 0) is 85.9 Å². The number of aryl methyl sites for hydroxylation is 1. The minimum Gasteiger partial charge on any atom is -0.480 e. The van der Waals surface area contributed by atoms with Gasteiger partial charge in [0.25, 0.3) is 0 Å². The highest BCUT2D eigenvalue weighted by Gasteiger charge is 2.20. The maximum Gasteiger partial charge on any atom is 0.333 e. The van der Waals surface area contributed by atoms with Crippen molar-refractivity contribution in [1.29, 1.82) is 0 Å². The van der Waals surface area contributed by atoms with Crippen molar-refractivity contribution in [3.8, 4) is 5.75 Å². The minimum atomic E-state index is -3.52. The molecule has 3 atom stereocenters. The van der Waals surface area contributed by atoms with Gasteiger partial charge in [0.05, 0.1) is 6.26 Å². The van der Waals surface area contributed by atoms with E-state index in [1.54, 1.807) is 13.0 Å². The van der Waals surface area contributed by atoms with E-state index in [2.05, 4.69) is 10.3 Å². The van der Waals surface area contributed by atoms with Gasteiger partial charge in [0.1, 0.15) is 11.8 Å². The van der Waals surface area contributed by atoms with Crippen LogP contribution in [0, 0.1) is 5.92 Å². The third-order valence-electron chi connectivity index (χ3n) is 6.65. The Morgan fingerprint density at radius 1 is 1.09 bits per heavy atom. The van der Waals surface area contributed by atoms with Crippen LogP contribution >= 0.6 is 0 Å². The molecule has 238 valence electrons. The number of anilines is 1. The lowest BCUT2D eigenvalue weighted by atomic mass is 9.84. The fourth-order valence-electron chi connectivity index (χ4n) is 4.50. The highest BCUT2D eigenvalue weighted by molar-refractivity contribution is 7.86. The van der Waals surface area contributed by atoms with E-state index in [-0.39, 0.29) is 5.96 Å². The van der Waals surface area contributed by atoms with Crippen molar-refractivity contribution in [2.24, 2.45) is 28.1 Å². The summed E-state index contributed by atoms with van der Waals surface area (Å²) < 4.78 is 32.9. The Labute approximate surface area is 252 Å². The van der Waals surface area contributed by atoms with Crippen molar-refractivity contribution in [3.63, 3.8) is 0 Å². The van der Waals surface area contributed by atoms with Crippen molar-refractivity contribution in [1.82, 2.24) is 0 Å². The van der Waals surface area contributed by atoms with Crippen molar-refractivity contribution < 1.29 is 37.1 Å². The van der Waals surface area contributed by atoms with Crippen LogP contribution in [0.1, 0.15) is 42.9 Å². The van der Waals surface area contributed by atoms with Gasteiger partial charge >= 0.3 is 22.1 Å². The smallest absolute Gasteiger partial charge is 0.333 e. The maximum atomic E-state index is 11.3. The summed E-state index contributed by atoms with van der Waals surface area (Å²) >= 11 is 0. The predicted octanol–water partition coefficient (Wildman–Crippen LogP) is 1.73. The summed E-state index contributed by atoms with van der Waals surface area (Å²) in [6.07, 6.45) is 4.34. The largest absolute Gasteiger partial charge is 0.480 e. The van der Waals surface area contributed by atoms with Crippen LogP contribution in [0.25, 0.3) is 0 Å². The van der Waals surface area contributed by atoms with Crippen molar-refractivity contribution >= 4 is 33.7 Å². The van der Waals surface area contributed by atoms with Gasteiger partial charge in [0.2, 0.25) is 0 Å². The summed E-state index contributed by atoms with van der Waals surface area (Å²) in [7, 11) is -3.52. The maximum absolute atomic E-state index is 11.3. The molecule has 13 nitrogen and oxygen atoms in total. The average molecular weight is 622 g/mol. The zero-order chi connectivity index (χ0) is 32.0. The predicted molar refractivity (Wildman–Crippen MR) is 165 cm³/mol. The molecule has 3 rings (SSSR count). The zero-order valence-electron chi connectivity index (χ0n) is 24.6. The fourth-order valence-corrected chi connectivity index (χ4v) is 4.96. The summed E-state index contributed by atoms with van der Waals surface area (Å²) in [6, 6.07) is 12.4. The first-order chi connectivity index (χ1) is 20.3. The Balaban J connectivity index is 0.000000455. The summed E-state index contributed by atoms with van der Waals surface area (Å²) in [6.45, 7) is 3.41. The van der Waals surface area contributed by atoms with Crippen molar-refractivity contribution in [2.45, 2.75) is 57.6 Å². The Morgan fingerprint density at radius 2 is 1.79 bits per heavy atom. The number of aliphatic carboxylic acids is 2. The molecule has 0 amide bonds. The molecule has 43 heavy (non-hydrogen) atoms. The number of hydrogen-bond donors (Lipinski definition) is 6. The molecule has 1 aliphatic carbocycles. The van der Waals surface area contributed by atoms with Crippen LogP contribution in [0.2, 0.25) is 0 Å². The number of nitrogens with one attached hydrogen (secondary N) is 1. The molecule has 2 unspecified atom stereocenters. The zero-order valence-corrected chi connectivity index (χ0v) is 25.4. The van der Waals surface area contributed by atoms with Crippen LogP contribution in [0.5, 0.6) is 5.75 Å². The van der Waals surface area contributed by atoms with Gasteiger partial charge in [0, 0.05) is 31.8 Å². The molecule has 2 aromatic carbocycles. The quantitative estimate of drug-likeness (QED) is 0.0723. The van der Waals surface area contributed by atoms with E-state index in [0.717, 1.165) is 48.9 Å². The molecule has 0 heterocycles. The average Bonchev–Trinajstić information content (AvgIpc) is 2.93. The number of ether oxygens (including phenoxy) is 1. The number of nitrogens with two attached hydrogens (primary N) is 3. The normalized spacial score (nSPS) is 15.6. The van der Waals surface area contributed by atoms with Gasteiger partial charge < -0.3 is 41.7 Å². The second-order valence-electron chi connectivity index (χ2n) is 10.3. The Bertz CT molecular complexity index is 1330. The lowest BCUT2D eigenvalue weighted by Gasteiger charge is -2.25. The molecule has 0 fully saturated rings. The Hall–Kier alpha value is -3.88. The van der Waals surface area contributed by atoms with Gasteiger partial charge in [0.15, 0.2) is 12.1 Å². The molecular weight excluding hydrogens is 578 g/mol. The number of aliphatic imine (C=N–C) groups is 1. The minimum absolute atomic E-state index is 0.0129. The van der Waals surface area contributed by atoms with E-state index in [4.69, 9.17) is 31.2 Å². The molecule has 14 heteroatoms. The van der Waals surface area contributed by atoms with Crippen LogP contribution < -0.4 is 26.7 Å². The number of hydrogen-bond acceptors (Lipinski definition) is 9. The number of benzene rings is 2. The first-order valence-corrected chi connectivity index (χ1v) is 15.8. The van der Waals surface area contributed by atoms with E-state index in [1.165, 1.54) is 5.56 Å². The van der Waals surface area contributed by atoms with Crippen LogP contribution in [0.15, 0.2) is 47.5 Å². The van der Waals surface area contributed by atoms with E-state index in [0.29, 0.717) is 44.1 Å². The lowest BCUT2D eigenvalue weighted by Crippen LogP contribution is -2.30. The van der Waals surface area contributed by atoms with Gasteiger partial charge in [-0.1, -0.05) is 18.2 Å². The molecule has 9 N–H and O–H groups in total. The molecule has 1 aliphatic rings. The molecule has 0 saturated heterocycles. The van der Waals surface area contributed by atoms with E-state index < -0.39 is 34.2 Å². The number of carboxylic acid groups (broad SMARTS) is 2. The van der Waals surface area contributed by atoms with Crippen molar-refractivity contribution in [3.05, 3.63) is 59.2 Å². The first-order valence-electron chi connectivity index (χ1n) is 14.0. The third kappa shape index (κ3) is 13.8. The SMILES string of the molecule is CCOC(Cc1ccc(NCC2CCc3cc(OS(C)(=O)=O)ccc3C2)cc1)C(=O)O.NC(N)=NCCC[C@H](N)C(=O)O. The highest BCUT2D eigenvalue weighted by atomic mass is 32.2. The standard InChI is InChI=1S/C23H29NO6S.C6H14N4O2/c1-3-29-22(23(25)26)13-16-5-9-20(10-6-16)24-15-17-4-7-19-14-21(30-31(2,27)28)11-8-18(19)12-17;7-4(5(11)12)2-1-3-10-6(8)9/h5-6,8-11,14,17,22,24H,3-4,7,12-13,15H2,1-2H3,(H,25,26);4H,1-3,7H2,(H,11,12)(H4,8,9,10)/t;4-/m.0/s1. The first kappa shape index (κ1) is 35.3. The molecular formula is C29H43N5O8S. The van der Waals surface area contributed by atoms with Gasteiger partial charge in [-0.15, -0.1) is 0 Å². The Morgan fingerprint density at radius 3 is 2.37 bits per heavy atom.